The molecule has 2 aromatic rings. The molecule has 2 aromatic carbocycles. The Kier molecular flexibility index (Phi) is 5.21. The minimum Gasteiger partial charge on any atom is -0.419 e. The van der Waals surface area contributed by atoms with E-state index in [1.54, 1.807) is 30.3 Å². The van der Waals surface area contributed by atoms with Gasteiger partial charge in [-0.15, -0.1) is 0 Å². The summed E-state index contributed by atoms with van der Waals surface area (Å²) >= 11 is 6.06. The number of aliphatic hydroxyl groups excluding tert-OH is 1. The molecule has 0 spiro atoms. The van der Waals surface area contributed by atoms with Crippen molar-refractivity contribution in [2.24, 2.45) is 0 Å². The second kappa shape index (κ2) is 7.42. The summed E-state index contributed by atoms with van der Waals surface area (Å²) in [5.41, 5.74) is 1.38. The highest BCUT2D eigenvalue weighted by molar-refractivity contribution is 6.30. The Labute approximate surface area is 161 Å². The summed E-state index contributed by atoms with van der Waals surface area (Å²) in [7, 11) is 0. The zero-order valence-corrected chi connectivity index (χ0v) is 15.5. The molecule has 27 heavy (non-hydrogen) atoms. The van der Waals surface area contributed by atoms with Gasteiger partial charge in [0.2, 0.25) is 0 Å². The lowest BCUT2D eigenvalue weighted by atomic mass is 10.00. The van der Waals surface area contributed by atoms with Gasteiger partial charge in [-0.1, -0.05) is 48.0 Å². The molecule has 1 atom stereocenters. The first kappa shape index (κ1) is 18.9. The van der Waals surface area contributed by atoms with Crippen molar-refractivity contribution >= 4 is 29.2 Å². The molecule has 0 radical (unpaired) electrons. The Balaban J connectivity index is 1.90. The number of nitrogens with one attached hydrogen (secondary N) is 1. The average Bonchev–Trinajstić information content (AvgIpc) is 2.60. The Morgan fingerprint density at radius 2 is 1.70 bits per heavy atom. The predicted octanol–water partition coefficient (Wildman–Crippen LogP) is 3.55. The van der Waals surface area contributed by atoms with Gasteiger partial charge in [0.25, 0.3) is 5.79 Å². The molecule has 1 saturated heterocycles. The molecule has 2 N–H and O–H groups in total. The molecule has 1 unspecified atom stereocenters. The smallest absolute Gasteiger partial charge is 0.350 e. The van der Waals surface area contributed by atoms with Crippen molar-refractivity contribution in [3.63, 3.8) is 0 Å². The first-order valence-corrected chi connectivity index (χ1v) is 8.60. The predicted molar refractivity (Wildman–Crippen MR) is 99.9 cm³/mol. The summed E-state index contributed by atoms with van der Waals surface area (Å²) in [5, 5.41) is 14.0. The van der Waals surface area contributed by atoms with Crippen LogP contribution in [0.1, 0.15) is 31.1 Å². The van der Waals surface area contributed by atoms with E-state index in [1.807, 2.05) is 18.2 Å². The Morgan fingerprint density at radius 1 is 1.07 bits per heavy atom. The fraction of sp³-hybridized carbons (Fsp3) is 0.200. The number of carbonyl (C=O) groups excluding carboxylic acids is 2. The van der Waals surface area contributed by atoms with Gasteiger partial charge in [-0.25, -0.2) is 9.59 Å². The minimum absolute atomic E-state index is 0.283. The quantitative estimate of drug-likeness (QED) is 0.474. The third-order valence-corrected chi connectivity index (χ3v) is 4.15. The molecule has 1 fully saturated rings. The number of rotatable bonds is 4. The average molecular weight is 388 g/mol. The molecule has 0 amide bonds. The van der Waals surface area contributed by atoms with Crippen molar-refractivity contribution in [1.82, 2.24) is 0 Å². The van der Waals surface area contributed by atoms with Crippen molar-refractivity contribution in [2.45, 2.75) is 25.7 Å². The van der Waals surface area contributed by atoms with Crippen molar-refractivity contribution in [3.05, 3.63) is 76.5 Å². The van der Waals surface area contributed by atoms with E-state index in [0.29, 0.717) is 21.8 Å². The van der Waals surface area contributed by atoms with Gasteiger partial charge in [0.15, 0.2) is 5.57 Å². The molecule has 3 rings (SSSR count). The fourth-order valence-electron chi connectivity index (χ4n) is 2.64. The Bertz CT molecular complexity index is 886. The van der Waals surface area contributed by atoms with Crippen LogP contribution in [0.3, 0.4) is 0 Å². The lowest BCUT2D eigenvalue weighted by Crippen LogP contribution is -2.42. The van der Waals surface area contributed by atoms with Gasteiger partial charge < -0.3 is 19.9 Å². The minimum atomic E-state index is -1.31. The molecule has 0 bridgehead atoms. The molecule has 7 heteroatoms. The fourth-order valence-corrected chi connectivity index (χ4v) is 2.81. The van der Waals surface area contributed by atoms with E-state index in [-0.39, 0.29) is 5.57 Å². The SMILES string of the molecule is CC1(C)OC(=O)C(=CNc2cc(Cl)ccc2C(O)c2ccccc2)C(=O)O1. The molecule has 1 aliphatic heterocycles. The normalized spacial score (nSPS) is 17.0. The van der Waals surface area contributed by atoms with Crippen LogP contribution in [0.4, 0.5) is 5.69 Å². The van der Waals surface area contributed by atoms with E-state index in [0.717, 1.165) is 0 Å². The summed E-state index contributed by atoms with van der Waals surface area (Å²) in [6.07, 6.45) is 0.265. The first-order chi connectivity index (χ1) is 12.8. The second-order valence-electron chi connectivity index (χ2n) is 6.43. The molecule has 0 aliphatic carbocycles. The number of aliphatic hydroxyl groups is 1. The highest BCUT2D eigenvalue weighted by atomic mass is 35.5. The number of hydrogen-bond donors (Lipinski definition) is 2. The van der Waals surface area contributed by atoms with Crippen LogP contribution < -0.4 is 5.32 Å². The lowest BCUT2D eigenvalue weighted by molar-refractivity contribution is -0.222. The number of hydrogen-bond acceptors (Lipinski definition) is 6. The van der Waals surface area contributed by atoms with Crippen molar-refractivity contribution in [1.29, 1.82) is 0 Å². The van der Waals surface area contributed by atoms with E-state index in [2.05, 4.69) is 5.32 Å². The molecule has 1 heterocycles. The largest absolute Gasteiger partial charge is 0.419 e. The molecule has 0 aromatic heterocycles. The van der Waals surface area contributed by atoms with E-state index < -0.39 is 23.8 Å². The van der Waals surface area contributed by atoms with Crippen LogP contribution in [0.25, 0.3) is 0 Å². The number of esters is 2. The monoisotopic (exact) mass is 387 g/mol. The van der Waals surface area contributed by atoms with E-state index in [1.165, 1.54) is 20.0 Å². The van der Waals surface area contributed by atoms with Gasteiger partial charge in [-0.3, -0.25) is 0 Å². The van der Waals surface area contributed by atoms with Crippen LogP contribution >= 0.6 is 11.6 Å². The molecule has 6 nitrogen and oxygen atoms in total. The van der Waals surface area contributed by atoms with Crippen LogP contribution in [0.2, 0.25) is 5.02 Å². The van der Waals surface area contributed by atoms with E-state index >= 15 is 0 Å². The molecular formula is C20H18ClNO5. The summed E-state index contributed by atoms with van der Waals surface area (Å²) in [6.45, 7) is 2.94. The van der Waals surface area contributed by atoms with E-state index in [4.69, 9.17) is 21.1 Å². The van der Waals surface area contributed by atoms with Gasteiger partial charge >= 0.3 is 11.9 Å². The Morgan fingerprint density at radius 3 is 2.33 bits per heavy atom. The highest BCUT2D eigenvalue weighted by Gasteiger charge is 2.39. The maximum atomic E-state index is 12.0. The zero-order chi connectivity index (χ0) is 19.6. The zero-order valence-electron chi connectivity index (χ0n) is 14.7. The number of halogens is 1. The molecule has 1 aliphatic rings. The van der Waals surface area contributed by atoms with Crippen LogP contribution in [-0.4, -0.2) is 22.8 Å². The maximum Gasteiger partial charge on any atom is 0.350 e. The lowest BCUT2D eigenvalue weighted by Gasteiger charge is -2.29. The molecule has 140 valence electrons. The summed E-state index contributed by atoms with van der Waals surface area (Å²) < 4.78 is 10.1. The van der Waals surface area contributed by atoms with Gasteiger partial charge in [-0.05, 0) is 17.7 Å². The number of benzene rings is 2. The first-order valence-electron chi connectivity index (χ1n) is 8.23. The van der Waals surface area contributed by atoms with Crippen LogP contribution in [0.15, 0.2) is 60.3 Å². The summed E-state index contributed by atoms with van der Waals surface area (Å²) in [5.74, 6) is -2.90. The standard InChI is InChI=1S/C20H18ClNO5/c1-20(2)26-18(24)15(19(25)27-20)11-22-16-10-13(21)8-9-14(16)17(23)12-6-4-3-5-7-12/h3-11,17,22-23H,1-2H3. The third kappa shape index (κ3) is 4.30. The van der Waals surface area contributed by atoms with Gasteiger partial charge in [0, 0.05) is 36.3 Å². The molecular weight excluding hydrogens is 370 g/mol. The second-order valence-corrected chi connectivity index (χ2v) is 6.86. The van der Waals surface area contributed by atoms with Crippen LogP contribution in [-0.2, 0) is 19.1 Å². The molecule has 0 saturated carbocycles. The number of cyclic esters (lactones) is 2. The van der Waals surface area contributed by atoms with Gasteiger partial charge in [0.05, 0.1) is 0 Å². The van der Waals surface area contributed by atoms with Crippen LogP contribution in [0.5, 0.6) is 0 Å². The highest BCUT2D eigenvalue weighted by Crippen LogP contribution is 2.31. The van der Waals surface area contributed by atoms with Crippen molar-refractivity contribution < 1.29 is 24.2 Å². The van der Waals surface area contributed by atoms with Crippen molar-refractivity contribution in [2.75, 3.05) is 5.32 Å². The summed E-state index contributed by atoms with van der Waals surface area (Å²) in [6, 6.07) is 14.0. The number of carbonyl (C=O) groups is 2. The van der Waals surface area contributed by atoms with Crippen molar-refractivity contribution in [3.8, 4) is 0 Å². The Hall–Kier alpha value is -2.83. The number of ether oxygens (including phenoxy) is 2. The number of anilines is 1. The van der Waals surface area contributed by atoms with Crippen LogP contribution in [0, 0.1) is 0 Å². The van der Waals surface area contributed by atoms with E-state index in [9.17, 15) is 14.7 Å². The van der Waals surface area contributed by atoms with Gasteiger partial charge in [0.1, 0.15) is 6.10 Å². The maximum absolute atomic E-state index is 12.0. The van der Waals surface area contributed by atoms with Gasteiger partial charge in [-0.2, -0.15) is 0 Å². The third-order valence-electron chi connectivity index (χ3n) is 3.91. The topological polar surface area (TPSA) is 84.9 Å². The summed E-state index contributed by atoms with van der Waals surface area (Å²) in [4.78, 5) is 24.1.